The van der Waals surface area contributed by atoms with Gasteiger partial charge in [0.2, 0.25) is 0 Å². The highest BCUT2D eigenvalue weighted by molar-refractivity contribution is 6.03. The predicted octanol–water partition coefficient (Wildman–Crippen LogP) is 1.65. The molecule has 0 spiro atoms. The quantitative estimate of drug-likeness (QED) is 0.807. The molecule has 2 aromatic rings. The number of rotatable bonds is 2. The van der Waals surface area contributed by atoms with Crippen molar-refractivity contribution in [2.75, 3.05) is 12.4 Å². The third-order valence-electron chi connectivity index (χ3n) is 2.50. The second-order valence-electron chi connectivity index (χ2n) is 3.81. The van der Waals surface area contributed by atoms with E-state index in [9.17, 15) is 14.4 Å². The van der Waals surface area contributed by atoms with Crippen LogP contribution in [0, 0.1) is 5.82 Å². The Kier molecular flexibility index (Phi) is 3.61. The third kappa shape index (κ3) is 2.98. The van der Waals surface area contributed by atoms with Crippen LogP contribution in [0.3, 0.4) is 0 Å². The van der Waals surface area contributed by atoms with E-state index in [2.05, 4.69) is 10.3 Å². The third-order valence-corrected chi connectivity index (χ3v) is 2.50. The van der Waals surface area contributed by atoms with E-state index >= 15 is 0 Å². The summed E-state index contributed by atoms with van der Waals surface area (Å²) in [6.45, 7) is 0. The second-order valence-corrected chi connectivity index (χ2v) is 3.81. The smallest absolute Gasteiger partial charge is 0.257 e. The van der Waals surface area contributed by atoms with Crippen molar-refractivity contribution in [1.29, 1.82) is 0 Å². The summed E-state index contributed by atoms with van der Waals surface area (Å²) in [5.74, 6) is -0.780. The van der Waals surface area contributed by atoms with Gasteiger partial charge in [0.25, 0.3) is 5.91 Å². The summed E-state index contributed by atoms with van der Waals surface area (Å²) in [5.41, 5.74) is 1.07. The second kappa shape index (κ2) is 5.34. The van der Waals surface area contributed by atoms with E-state index in [-0.39, 0.29) is 11.4 Å². The van der Waals surface area contributed by atoms with Crippen molar-refractivity contribution in [3.63, 3.8) is 0 Å². The van der Waals surface area contributed by atoms with Crippen molar-refractivity contribution in [3.8, 4) is 0 Å². The lowest BCUT2D eigenvalue weighted by Gasteiger charge is -2.06. The molecule has 0 aliphatic rings. The van der Waals surface area contributed by atoms with Gasteiger partial charge in [0, 0.05) is 12.7 Å². The Hall–Kier alpha value is -2.63. The van der Waals surface area contributed by atoms with E-state index in [0.29, 0.717) is 11.2 Å². The molecule has 98 valence electrons. The summed E-state index contributed by atoms with van der Waals surface area (Å²) >= 11 is 0. The standard InChI is InChI=1S/C13H12FN3O2/c1-15-12-7-2-9(8-17(12)19)13(18)16-11-5-3-10(14)4-6-11/h2-8,19H,1H3,(H,16,18). The van der Waals surface area contributed by atoms with Gasteiger partial charge in [-0.3, -0.25) is 9.79 Å². The van der Waals surface area contributed by atoms with Crippen LogP contribution in [0.15, 0.2) is 47.6 Å². The summed E-state index contributed by atoms with van der Waals surface area (Å²) in [6.07, 6.45) is 1.25. The van der Waals surface area contributed by atoms with E-state index in [1.165, 1.54) is 49.6 Å². The first-order chi connectivity index (χ1) is 9.10. The van der Waals surface area contributed by atoms with Crippen LogP contribution in [-0.2, 0) is 0 Å². The number of carbonyl (C=O) groups excluding carboxylic acids is 1. The van der Waals surface area contributed by atoms with Gasteiger partial charge in [-0.1, -0.05) is 0 Å². The van der Waals surface area contributed by atoms with Gasteiger partial charge in [0.05, 0.1) is 11.8 Å². The number of pyridine rings is 1. The van der Waals surface area contributed by atoms with E-state index in [4.69, 9.17) is 0 Å². The summed E-state index contributed by atoms with van der Waals surface area (Å²) < 4.78 is 13.5. The maximum atomic E-state index is 12.7. The Morgan fingerprint density at radius 1 is 1.26 bits per heavy atom. The molecular formula is C13H12FN3O2. The number of anilines is 1. The normalized spacial score (nSPS) is 11.4. The highest BCUT2D eigenvalue weighted by atomic mass is 19.1. The zero-order valence-electron chi connectivity index (χ0n) is 10.2. The molecular weight excluding hydrogens is 249 g/mol. The van der Waals surface area contributed by atoms with E-state index in [1.807, 2.05) is 0 Å². The Balaban J connectivity index is 2.20. The molecule has 0 bridgehead atoms. The summed E-state index contributed by atoms with van der Waals surface area (Å²) in [6, 6.07) is 8.46. The van der Waals surface area contributed by atoms with Gasteiger partial charge in [0.15, 0.2) is 5.49 Å². The first-order valence-corrected chi connectivity index (χ1v) is 5.52. The fourth-order valence-electron chi connectivity index (χ4n) is 1.53. The number of halogens is 1. The van der Waals surface area contributed by atoms with Gasteiger partial charge < -0.3 is 10.5 Å². The topological polar surface area (TPSA) is 66.6 Å². The van der Waals surface area contributed by atoms with Crippen LogP contribution in [0.2, 0.25) is 0 Å². The Morgan fingerprint density at radius 3 is 2.53 bits per heavy atom. The van der Waals surface area contributed by atoms with Crippen molar-refractivity contribution in [2.24, 2.45) is 4.99 Å². The molecule has 0 aliphatic carbocycles. The fraction of sp³-hybridized carbons (Fsp3) is 0.0769. The maximum Gasteiger partial charge on any atom is 0.257 e. The molecule has 0 saturated heterocycles. The van der Waals surface area contributed by atoms with Gasteiger partial charge in [-0.25, -0.2) is 4.39 Å². The molecule has 0 unspecified atom stereocenters. The Labute approximate surface area is 108 Å². The average molecular weight is 261 g/mol. The highest BCUT2D eigenvalue weighted by Gasteiger charge is 2.07. The summed E-state index contributed by atoms with van der Waals surface area (Å²) in [4.78, 5) is 15.7. The molecule has 1 aromatic heterocycles. The molecule has 5 nitrogen and oxygen atoms in total. The van der Waals surface area contributed by atoms with Gasteiger partial charge >= 0.3 is 0 Å². The SMILES string of the molecule is CN=c1ccc(C(=O)Nc2ccc(F)cc2)cn1O. The molecule has 6 heteroatoms. The molecule has 1 aromatic carbocycles. The predicted molar refractivity (Wildman–Crippen MR) is 67.5 cm³/mol. The number of aromatic nitrogens is 1. The number of nitrogens with zero attached hydrogens (tertiary/aromatic N) is 2. The van der Waals surface area contributed by atoms with E-state index < -0.39 is 5.91 Å². The first-order valence-electron chi connectivity index (χ1n) is 5.52. The first kappa shape index (κ1) is 12.8. The molecule has 1 amide bonds. The average Bonchev–Trinajstić information content (AvgIpc) is 2.41. The Bertz CT molecular complexity index is 662. The van der Waals surface area contributed by atoms with Crippen molar-refractivity contribution in [3.05, 3.63) is 59.5 Å². The van der Waals surface area contributed by atoms with Gasteiger partial charge in [0.1, 0.15) is 5.82 Å². The zero-order chi connectivity index (χ0) is 13.8. The lowest BCUT2D eigenvalue weighted by molar-refractivity contribution is 0.102. The zero-order valence-corrected chi connectivity index (χ0v) is 10.2. The summed E-state index contributed by atoms with van der Waals surface area (Å²) in [5, 5.41) is 12.1. The lowest BCUT2D eigenvalue weighted by atomic mass is 10.2. The number of hydrogen-bond donors (Lipinski definition) is 2. The monoisotopic (exact) mass is 261 g/mol. The number of benzene rings is 1. The largest absolute Gasteiger partial charge is 0.427 e. The van der Waals surface area contributed by atoms with Crippen LogP contribution in [0.5, 0.6) is 0 Å². The molecule has 0 aliphatic heterocycles. The van der Waals surface area contributed by atoms with Gasteiger partial charge in [-0.15, -0.1) is 0 Å². The lowest BCUT2D eigenvalue weighted by Crippen LogP contribution is -2.21. The molecule has 2 rings (SSSR count). The molecule has 19 heavy (non-hydrogen) atoms. The molecule has 0 saturated carbocycles. The van der Waals surface area contributed by atoms with Crippen molar-refractivity contribution >= 4 is 11.6 Å². The number of carbonyl (C=O) groups is 1. The van der Waals surface area contributed by atoms with Gasteiger partial charge in [-0.05, 0) is 36.4 Å². The van der Waals surface area contributed by atoms with Crippen molar-refractivity contribution in [1.82, 2.24) is 4.73 Å². The Morgan fingerprint density at radius 2 is 1.95 bits per heavy atom. The molecule has 2 N–H and O–H groups in total. The van der Waals surface area contributed by atoms with Crippen LogP contribution in [0.25, 0.3) is 0 Å². The van der Waals surface area contributed by atoms with E-state index in [0.717, 1.165) is 4.73 Å². The van der Waals surface area contributed by atoms with Crippen LogP contribution in [-0.4, -0.2) is 22.9 Å². The minimum Gasteiger partial charge on any atom is -0.427 e. The van der Waals surface area contributed by atoms with Crippen molar-refractivity contribution in [2.45, 2.75) is 0 Å². The maximum absolute atomic E-state index is 12.7. The summed E-state index contributed by atoms with van der Waals surface area (Å²) in [7, 11) is 1.53. The van der Waals surface area contributed by atoms with Crippen LogP contribution in [0.1, 0.15) is 10.4 Å². The number of amides is 1. The molecule has 0 radical (unpaired) electrons. The van der Waals surface area contributed by atoms with Crippen molar-refractivity contribution < 1.29 is 14.4 Å². The fourth-order valence-corrected chi connectivity index (χ4v) is 1.53. The number of hydrogen-bond acceptors (Lipinski definition) is 3. The molecule has 0 atom stereocenters. The minimum atomic E-state index is -0.405. The van der Waals surface area contributed by atoms with Gasteiger partial charge in [-0.2, -0.15) is 4.73 Å². The van der Waals surface area contributed by atoms with Crippen LogP contribution < -0.4 is 10.8 Å². The minimum absolute atomic E-state index is 0.263. The molecule has 0 fully saturated rings. The number of nitrogens with one attached hydrogen (secondary N) is 1. The highest BCUT2D eigenvalue weighted by Crippen LogP contribution is 2.09. The molecule has 1 heterocycles. The van der Waals surface area contributed by atoms with Crippen LogP contribution in [0.4, 0.5) is 10.1 Å². The van der Waals surface area contributed by atoms with Crippen LogP contribution >= 0.6 is 0 Å². The van der Waals surface area contributed by atoms with E-state index in [1.54, 1.807) is 0 Å².